The minimum absolute atomic E-state index is 0.0445. The summed E-state index contributed by atoms with van der Waals surface area (Å²) >= 11 is 0. The van der Waals surface area contributed by atoms with Crippen LogP contribution in [0.1, 0.15) is 21.5 Å². The van der Waals surface area contributed by atoms with Crippen LogP contribution in [0.4, 0.5) is 0 Å². The van der Waals surface area contributed by atoms with Crippen molar-refractivity contribution in [1.29, 1.82) is 0 Å². The molecule has 94 valence electrons. The number of fused-ring (bicyclic) bond motifs is 1. The average molecular weight is 254 g/mol. The van der Waals surface area contributed by atoms with Gasteiger partial charge in [0.2, 0.25) is 0 Å². The van der Waals surface area contributed by atoms with Crippen molar-refractivity contribution in [3.63, 3.8) is 0 Å². The van der Waals surface area contributed by atoms with E-state index >= 15 is 0 Å². The summed E-state index contributed by atoms with van der Waals surface area (Å²) in [7, 11) is 0. The summed E-state index contributed by atoms with van der Waals surface area (Å²) in [5.41, 5.74) is 2.00. The minimum Gasteiger partial charge on any atom is -0.507 e. The summed E-state index contributed by atoms with van der Waals surface area (Å²) < 4.78 is 1.47. The van der Waals surface area contributed by atoms with Gasteiger partial charge in [-0.3, -0.25) is 4.79 Å². The lowest BCUT2D eigenvalue weighted by Crippen LogP contribution is -2.04. The van der Waals surface area contributed by atoms with Crippen LogP contribution in [-0.2, 0) is 0 Å². The van der Waals surface area contributed by atoms with Crippen LogP contribution in [0.25, 0.3) is 5.65 Å². The topological polar surface area (TPSA) is 80.4 Å². The van der Waals surface area contributed by atoms with E-state index in [0.29, 0.717) is 11.2 Å². The number of aromatic hydroxyl groups is 1. The van der Waals surface area contributed by atoms with Crippen molar-refractivity contribution in [3.05, 3.63) is 53.5 Å². The summed E-state index contributed by atoms with van der Waals surface area (Å²) in [6.45, 7) is 1.86. The Morgan fingerprint density at radius 3 is 3.00 bits per heavy atom. The van der Waals surface area contributed by atoms with E-state index < -0.39 is 0 Å². The van der Waals surface area contributed by atoms with Crippen molar-refractivity contribution in [2.75, 3.05) is 0 Å². The zero-order valence-corrected chi connectivity index (χ0v) is 10.1. The number of benzene rings is 1. The number of carbonyl (C=O) groups is 1. The Kier molecular flexibility index (Phi) is 2.49. The van der Waals surface area contributed by atoms with Gasteiger partial charge in [0.25, 0.3) is 0 Å². The third-order valence-corrected chi connectivity index (χ3v) is 2.82. The van der Waals surface area contributed by atoms with Gasteiger partial charge in [0, 0.05) is 5.56 Å². The van der Waals surface area contributed by atoms with Gasteiger partial charge in [0.15, 0.2) is 11.4 Å². The summed E-state index contributed by atoms with van der Waals surface area (Å²) in [6.07, 6.45) is 2.88. The van der Waals surface area contributed by atoms with Gasteiger partial charge in [-0.2, -0.15) is 5.10 Å². The maximum absolute atomic E-state index is 12.3. The number of hydrogen-bond acceptors (Lipinski definition) is 5. The van der Waals surface area contributed by atoms with Crippen LogP contribution >= 0.6 is 0 Å². The molecule has 6 nitrogen and oxygen atoms in total. The predicted octanol–water partition coefficient (Wildman–Crippen LogP) is 1.37. The number of nitrogens with zero attached hydrogens (tertiary/aromatic N) is 4. The highest BCUT2D eigenvalue weighted by Crippen LogP contribution is 2.21. The van der Waals surface area contributed by atoms with Gasteiger partial charge in [-0.15, -0.1) is 10.2 Å². The van der Waals surface area contributed by atoms with Crippen LogP contribution < -0.4 is 0 Å². The molecule has 0 fully saturated rings. The van der Waals surface area contributed by atoms with E-state index in [4.69, 9.17) is 0 Å². The zero-order valence-electron chi connectivity index (χ0n) is 10.1. The van der Waals surface area contributed by atoms with Gasteiger partial charge in [0.1, 0.15) is 12.1 Å². The van der Waals surface area contributed by atoms with Crippen LogP contribution in [0.3, 0.4) is 0 Å². The maximum atomic E-state index is 12.3. The quantitative estimate of drug-likeness (QED) is 0.698. The molecule has 0 spiro atoms. The second kappa shape index (κ2) is 4.16. The third-order valence-electron chi connectivity index (χ3n) is 2.82. The normalized spacial score (nSPS) is 10.8. The number of rotatable bonds is 2. The zero-order chi connectivity index (χ0) is 13.4. The van der Waals surface area contributed by atoms with Gasteiger partial charge in [-0.25, -0.2) is 4.52 Å². The Labute approximate surface area is 108 Å². The smallest absolute Gasteiger partial charge is 0.198 e. The largest absolute Gasteiger partial charge is 0.507 e. The molecular formula is C13H10N4O2. The standard InChI is InChI=1S/C13H10N4O2/c1-8-2-3-11(18)10(4-8)13(19)9-5-12-16-14-7-17(12)15-6-9/h2-7,18H,1H3. The number of phenolic OH excluding ortho intramolecular Hbond substituents is 1. The molecule has 1 N–H and O–H groups in total. The summed E-state index contributed by atoms with van der Waals surface area (Å²) in [4.78, 5) is 12.3. The highest BCUT2D eigenvalue weighted by molar-refractivity contribution is 6.10. The molecule has 0 amide bonds. The van der Waals surface area contributed by atoms with Crippen LogP contribution in [-0.4, -0.2) is 30.7 Å². The van der Waals surface area contributed by atoms with E-state index in [2.05, 4.69) is 15.3 Å². The number of aryl methyl sites for hydroxylation is 1. The highest BCUT2D eigenvalue weighted by atomic mass is 16.3. The Morgan fingerprint density at radius 2 is 2.16 bits per heavy atom. The number of hydrogen-bond donors (Lipinski definition) is 1. The summed E-state index contributed by atoms with van der Waals surface area (Å²) in [5, 5.41) is 21.3. The number of ketones is 1. The Bertz CT molecular complexity index is 779. The second-order valence-corrected chi connectivity index (χ2v) is 4.23. The van der Waals surface area contributed by atoms with Gasteiger partial charge >= 0.3 is 0 Å². The molecule has 0 radical (unpaired) electrons. The molecule has 2 heterocycles. The van der Waals surface area contributed by atoms with Crippen molar-refractivity contribution in [2.24, 2.45) is 0 Å². The van der Waals surface area contributed by atoms with E-state index in [1.807, 2.05) is 6.92 Å². The van der Waals surface area contributed by atoms with E-state index in [0.717, 1.165) is 5.56 Å². The first-order valence-electron chi connectivity index (χ1n) is 5.65. The van der Waals surface area contributed by atoms with Crippen molar-refractivity contribution in [2.45, 2.75) is 6.92 Å². The van der Waals surface area contributed by atoms with Gasteiger partial charge in [-0.1, -0.05) is 11.6 Å². The molecule has 6 heteroatoms. The lowest BCUT2D eigenvalue weighted by atomic mass is 10.0. The first-order valence-corrected chi connectivity index (χ1v) is 5.65. The van der Waals surface area contributed by atoms with Crippen LogP contribution in [0.2, 0.25) is 0 Å². The molecule has 0 aliphatic carbocycles. The first-order chi connectivity index (χ1) is 9.15. The Morgan fingerprint density at radius 1 is 1.32 bits per heavy atom. The number of carbonyl (C=O) groups excluding carboxylic acids is 1. The van der Waals surface area contributed by atoms with Crippen molar-refractivity contribution in [3.8, 4) is 5.75 Å². The fourth-order valence-electron chi connectivity index (χ4n) is 1.84. The number of phenols is 1. The number of aromatic nitrogens is 4. The van der Waals surface area contributed by atoms with E-state index in [1.165, 1.54) is 23.1 Å². The van der Waals surface area contributed by atoms with Gasteiger partial charge in [0.05, 0.1) is 11.8 Å². The van der Waals surface area contributed by atoms with Crippen LogP contribution in [0.5, 0.6) is 5.75 Å². The molecule has 0 saturated heterocycles. The Balaban J connectivity index is 2.09. The molecule has 2 aromatic heterocycles. The predicted molar refractivity (Wildman–Crippen MR) is 67.1 cm³/mol. The van der Waals surface area contributed by atoms with Crippen molar-refractivity contribution < 1.29 is 9.90 Å². The van der Waals surface area contributed by atoms with Gasteiger partial charge in [-0.05, 0) is 25.1 Å². The van der Waals surface area contributed by atoms with Crippen molar-refractivity contribution >= 4 is 11.4 Å². The van der Waals surface area contributed by atoms with E-state index in [9.17, 15) is 9.90 Å². The molecule has 0 unspecified atom stereocenters. The molecular weight excluding hydrogens is 244 g/mol. The molecule has 1 aromatic carbocycles. The van der Waals surface area contributed by atoms with Gasteiger partial charge < -0.3 is 5.11 Å². The lowest BCUT2D eigenvalue weighted by Gasteiger charge is -2.05. The molecule has 3 aromatic rings. The molecule has 0 bridgehead atoms. The first kappa shape index (κ1) is 11.3. The van der Waals surface area contributed by atoms with Crippen LogP contribution in [0, 0.1) is 6.92 Å². The monoisotopic (exact) mass is 254 g/mol. The third kappa shape index (κ3) is 1.93. The molecule has 0 saturated carbocycles. The maximum Gasteiger partial charge on any atom is 0.198 e. The summed E-state index contributed by atoms with van der Waals surface area (Å²) in [5.74, 6) is -0.337. The fourth-order valence-corrected chi connectivity index (χ4v) is 1.84. The molecule has 0 atom stereocenters. The van der Waals surface area contributed by atoms with Crippen molar-refractivity contribution in [1.82, 2.24) is 19.8 Å². The second-order valence-electron chi connectivity index (χ2n) is 4.23. The molecule has 3 rings (SSSR count). The highest BCUT2D eigenvalue weighted by Gasteiger charge is 2.15. The molecule has 19 heavy (non-hydrogen) atoms. The Hall–Kier alpha value is -2.76. The lowest BCUT2D eigenvalue weighted by molar-refractivity contribution is 0.103. The minimum atomic E-state index is -0.292. The molecule has 0 aliphatic heterocycles. The van der Waals surface area contributed by atoms with E-state index in [1.54, 1.807) is 18.2 Å². The SMILES string of the molecule is Cc1ccc(O)c(C(=O)c2cnn3cnnc3c2)c1. The fraction of sp³-hybridized carbons (Fsp3) is 0.0769. The summed E-state index contributed by atoms with van der Waals surface area (Å²) in [6, 6.07) is 6.48. The van der Waals surface area contributed by atoms with Crippen LogP contribution in [0.15, 0.2) is 36.8 Å². The van der Waals surface area contributed by atoms with E-state index in [-0.39, 0.29) is 17.1 Å². The average Bonchev–Trinajstić information content (AvgIpc) is 2.88. The molecule has 0 aliphatic rings.